The summed E-state index contributed by atoms with van der Waals surface area (Å²) in [6, 6.07) is 7.22. The molecule has 2 N–H and O–H groups in total. The van der Waals surface area contributed by atoms with Crippen molar-refractivity contribution < 1.29 is 19.0 Å². The van der Waals surface area contributed by atoms with E-state index in [1.54, 1.807) is 12.1 Å². The molecular formula is C26H36N2O4Si. The van der Waals surface area contributed by atoms with Crippen LogP contribution in [0.4, 0.5) is 0 Å². The van der Waals surface area contributed by atoms with Gasteiger partial charge in [-0.3, -0.25) is 9.69 Å². The largest absolute Gasteiger partial charge is 0.366 e. The first kappa shape index (κ1) is 25.5. The second-order valence-electron chi connectivity index (χ2n) is 10.2. The molecule has 0 aliphatic carbocycles. The van der Waals surface area contributed by atoms with Crippen LogP contribution in [-0.2, 0) is 14.2 Å². The zero-order valence-electron chi connectivity index (χ0n) is 20.4. The van der Waals surface area contributed by atoms with Gasteiger partial charge in [-0.2, -0.15) is 0 Å². The molecule has 0 spiro atoms. The predicted molar refractivity (Wildman–Crippen MR) is 132 cm³/mol. The van der Waals surface area contributed by atoms with Gasteiger partial charge in [-0.1, -0.05) is 37.7 Å². The van der Waals surface area contributed by atoms with E-state index in [0.29, 0.717) is 18.7 Å². The van der Waals surface area contributed by atoms with Crippen LogP contribution < -0.4 is 5.73 Å². The highest BCUT2D eigenvalue weighted by molar-refractivity contribution is 6.83. The van der Waals surface area contributed by atoms with Crippen molar-refractivity contribution in [1.82, 2.24) is 4.90 Å². The number of hydrogen-bond acceptors (Lipinski definition) is 5. The lowest BCUT2D eigenvalue weighted by Gasteiger charge is -2.28. The van der Waals surface area contributed by atoms with Crippen molar-refractivity contribution >= 4 is 14.0 Å². The van der Waals surface area contributed by atoms with Gasteiger partial charge in [-0.15, -0.1) is 17.9 Å². The summed E-state index contributed by atoms with van der Waals surface area (Å²) in [5.41, 5.74) is 10.2. The molecule has 6 nitrogen and oxygen atoms in total. The second kappa shape index (κ2) is 10.4. The molecule has 2 aliphatic heterocycles. The van der Waals surface area contributed by atoms with Crippen LogP contribution in [0.2, 0.25) is 19.6 Å². The Balaban J connectivity index is 1.71. The Morgan fingerprint density at radius 3 is 2.64 bits per heavy atom. The molecule has 178 valence electrons. The van der Waals surface area contributed by atoms with E-state index in [1.165, 1.54) is 0 Å². The molecule has 4 atom stereocenters. The molecule has 0 aromatic heterocycles. The maximum atomic E-state index is 11.7. The Hall–Kier alpha value is -2.13. The molecule has 7 heteroatoms. The lowest BCUT2D eigenvalue weighted by Crippen LogP contribution is -2.40. The van der Waals surface area contributed by atoms with Crippen molar-refractivity contribution in [2.45, 2.75) is 76.5 Å². The monoisotopic (exact) mass is 468 g/mol. The van der Waals surface area contributed by atoms with Crippen LogP contribution in [0.25, 0.3) is 0 Å². The van der Waals surface area contributed by atoms with Crippen LogP contribution >= 0.6 is 0 Å². The standard InChI is InChI=1S/C26H36N2O4Si/c1-7-14-28(15-9-8-10-16-33(4,5)6)18-21-23-24(32-26(2,3)31-23)22(30-21)19-12-11-13-20(17-19)25(27)29/h1,11-13,17,21-24H,8-9,14-15,18H2,2-6H3,(H2,27,29)/t21-,22+,23?,24?/m1/s1. The van der Waals surface area contributed by atoms with Crippen molar-refractivity contribution in [3.05, 3.63) is 35.4 Å². The predicted octanol–water partition coefficient (Wildman–Crippen LogP) is 3.34. The Bertz CT molecular complexity index is 954. The van der Waals surface area contributed by atoms with Crippen molar-refractivity contribution in [2.75, 3.05) is 19.6 Å². The summed E-state index contributed by atoms with van der Waals surface area (Å²) in [7, 11) is -1.35. The number of ether oxygens (including phenoxy) is 3. The van der Waals surface area contributed by atoms with Crippen molar-refractivity contribution in [1.29, 1.82) is 0 Å². The molecule has 2 unspecified atom stereocenters. The average Bonchev–Trinajstić information content (AvgIpc) is 3.20. The fourth-order valence-corrected chi connectivity index (χ4v) is 4.96. The normalized spacial score (nSPS) is 25.8. The first-order chi connectivity index (χ1) is 15.5. The molecule has 3 rings (SSSR count). The summed E-state index contributed by atoms with van der Waals surface area (Å²) in [6.07, 6.45) is 6.40. The molecule has 33 heavy (non-hydrogen) atoms. The number of carbonyl (C=O) groups excluding carboxylic acids is 1. The third-order valence-electron chi connectivity index (χ3n) is 5.64. The highest BCUT2D eigenvalue weighted by Gasteiger charge is 2.55. The number of nitrogens with zero attached hydrogens (tertiary/aromatic N) is 1. The van der Waals surface area contributed by atoms with Crippen LogP contribution in [0.1, 0.15) is 48.7 Å². The summed E-state index contributed by atoms with van der Waals surface area (Å²) in [5.74, 6) is 4.91. The first-order valence-corrected chi connectivity index (χ1v) is 15.1. The van der Waals surface area contributed by atoms with Crippen LogP contribution in [-0.4, -0.2) is 62.6 Å². The molecule has 0 radical (unpaired) electrons. The third-order valence-corrected chi connectivity index (χ3v) is 6.57. The van der Waals surface area contributed by atoms with Gasteiger partial charge in [0.25, 0.3) is 0 Å². The Morgan fingerprint density at radius 2 is 1.97 bits per heavy atom. The fourth-order valence-electron chi connectivity index (χ4n) is 4.30. The van der Waals surface area contributed by atoms with Gasteiger partial charge in [0.15, 0.2) is 5.79 Å². The Kier molecular flexibility index (Phi) is 8.05. The van der Waals surface area contributed by atoms with Gasteiger partial charge in [0, 0.05) is 25.1 Å². The number of unbranched alkanes of at least 4 members (excludes halogenated alkanes) is 1. The maximum absolute atomic E-state index is 11.7. The summed E-state index contributed by atoms with van der Waals surface area (Å²) in [6.45, 7) is 12.6. The first-order valence-electron chi connectivity index (χ1n) is 11.6. The summed E-state index contributed by atoms with van der Waals surface area (Å²) >= 11 is 0. The van der Waals surface area contributed by atoms with Gasteiger partial charge in [0.1, 0.15) is 32.5 Å². The SMILES string of the molecule is C#CCN(CCCC#C[Si](C)(C)C)C[C@H]1O[C@@H](c2cccc(C(N)=O)c2)C2OC(C)(C)OC21. The molecule has 0 saturated carbocycles. The minimum Gasteiger partial charge on any atom is -0.366 e. The van der Waals surface area contributed by atoms with Gasteiger partial charge < -0.3 is 19.9 Å². The van der Waals surface area contributed by atoms with Gasteiger partial charge in [-0.05, 0) is 38.0 Å². The zero-order chi connectivity index (χ0) is 24.2. The molecule has 1 aromatic carbocycles. The van der Waals surface area contributed by atoms with Crippen LogP contribution in [0.15, 0.2) is 24.3 Å². The smallest absolute Gasteiger partial charge is 0.248 e. The van der Waals surface area contributed by atoms with Crippen molar-refractivity contribution in [2.24, 2.45) is 5.73 Å². The lowest BCUT2D eigenvalue weighted by molar-refractivity contribution is -0.189. The van der Waals surface area contributed by atoms with E-state index in [9.17, 15) is 4.79 Å². The van der Waals surface area contributed by atoms with Crippen molar-refractivity contribution in [3.8, 4) is 23.8 Å². The molecule has 1 amide bonds. The molecular weight excluding hydrogens is 432 g/mol. The van der Waals surface area contributed by atoms with E-state index in [0.717, 1.165) is 24.9 Å². The van der Waals surface area contributed by atoms with E-state index < -0.39 is 19.8 Å². The molecule has 2 saturated heterocycles. The van der Waals surface area contributed by atoms with Gasteiger partial charge in [0.05, 0.1) is 6.54 Å². The van der Waals surface area contributed by atoms with Crippen molar-refractivity contribution in [3.63, 3.8) is 0 Å². The van der Waals surface area contributed by atoms with E-state index >= 15 is 0 Å². The maximum Gasteiger partial charge on any atom is 0.248 e. The lowest BCUT2D eigenvalue weighted by atomic mass is 9.99. The third kappa shape index (κ3) is 6.93. The number of carbonyl (C=O) groups is 1. The summed E-state index contributed by atoms with van der Waals surface area (Å²) in [4.78, 5) is 13.9. The molecule has 2 aliphatic rings. The number of benzene rings is 1. The van der Waals surface area contributed by atoms with E-state index in [2.05, 4.69) is 41.9 Å². The van der Waals surface area contributed by atoms with Gasteiger partial charge >= 0.3 is 0 Å². The van der Waals surface area contributed by atoms with E-state index in [1.807, 2.05) is 26.0 Å². The average molecular weight is 469 g/mol. The van der Waals surface area contributed by atoms with E-state index in [4.69, 9.17) is 26.4 Å². The number of hydrogen-bond donors (Lipinski definition) is 1. The molecule has 0 bridgehead atoms. The number of primary amides is 1. The van der Waals surface area contributed by atoms with Crippen LogP contribution in [0.5, 0.6) is 0 Å². The van der Waals surface area contributed by atoms with Gasteiger partial charge in [0.2, 0.25) is 5.91 Å². The highest BCUT2D eigenvalue weighted by Crippen LogP contribution is 2.45. The minimum absolute atomic E-state index is 0.208. The van der Waals surface area contributed by atoms with Crippen LogP contribution in [0.3, 0.4) is 0 Å². The zero-order valence-corrected chi connectivity index (χ0v) is 21.4. The quantitative estimate of drug-likeness (QED) is 0.360. The summed E-state index contributed by atoms with van der Waals surface area (Å²) in [5, 5.41) is 0. The summed E-state index contributed by atoms with van der Waals surface area (Å²) < 4.78 is 18.9. The van der Waals surface area contributed by atoms with Crippen LogP contribution in [0, 0.1) is 23.8 Å². The number of rotatable bonds is 8. The molecule has 1 aromatic rings. The molecule has 2 fully saturated rings. The molecule has 2 heterocycles. The topological polar surface area (TPSA) is 74.0 Å². The van der Waals surface area contributed by atoms with E-state index in [-0.39, 0.29) is 24.4 Å². The fraction of sp³-hybridized carbons (Fsp3) is 0.577. The van der Waals surface area contributed by atoms with Gasteiger partial charge in [-0.25, -0.2) is 0 Å². The second-order valence-corrected chi connectivity index (χ2v) is 15.0. The number of terminal acetylenes is 1. The Labute approximate surface area is 199 Å². The number of amides is 1. The Morgan fingerprint density at radius 1 is 1.24 bits per heavy atom. The number of nitrogens with two attached hydrogens (primary N) is 1. The highest BCUT2D eigenvalue weighted by atomic mass is 28.3. The number of fused-ring (bicyclic) bond motifs is 1. The minimum atomic E-state index is -1.35.